The third-order valence-electron chi connectivity index (χ3n) is 3.23. The number of hydrogen-bond donors (Lipinski definition) is 1. The molecule has 1 aliphatic carbocycles. The molecule has 1 nitrogen and oxygen atoms in total. The second kappa shape index (κ2) is 4.28. The van der Waals surface area contributed by atoms with Crippen LogP contribution < -0.4 is 0 Å². The van der Waals surface area contributed by atoms with Gasteiger partial charge in [0.05, 0.1) is 6.10 Å². The standard InChI is InChI=1S/C12H22O/c1-8(2)10-6-5-7-11(9(3)4)12(10)13/h5-6,8-13H,7H2,1-4H3. The summed E-state index contributed by atoms with van der Waals surface area (Å²) in [5.74, 6) is 1.95. The Labute approximate surface area is 81.9 Å². The van der Waals surface area contributed by atoms with Crippen molar-refractivity contribution in [2.75, 3.05) is 0 Å². The first kappa shape index (κ1) is 10.8. The summed E-state index contributed by atoms with van der Waals surface area (Å²) in [7, 11) is 0. The lowest BCUT2D eigenvalue weighted by molar-refractivity contribution is 0.0252. The number of rotatable bonds is 2. The molecule has 0 aromatic rings. The van der Waals surface area contributed by atoms with Crippen molar-refractivity contribution < 1.29 is 5.11 Å². The highest BCUT2D eigenvalue weighted by atomic mass is 16.3. The first-order chi connectivity index (χ1) is 6.04. The molecule has 76 valence electrons. The average molecular weight is 182 g/mol. The first-order valence-corrected chi connectivity index (χ1v) is 5.38. The van der Waals surface area contributed by atoms with Crippen LogP contribution in [0.3, 0.4) is 0 Å². The Hall–Kier alpha value is -0.300. The fourth-order valence-electron chi connectivity index (χ4n) is 2.21. The predicted octanol–water partition coefficient (Wildman–Crippen LogP) is 2.85. The molecule has 3 atom stereocenters. The highest BCUT2D eigenvalue weighted by Gasteiger charge is 2.31. The molecule has 0 radical (unpaired) electrons. The molecule has 1 aliphatic rings. The van der Waals surface area contributed by atoms with Crippen LogP contribution in [0.1, 0.15) is 34.1 Å². The van der Waals surface area contributed by atoms with Gasteiger partial charge < -0.3 is 5.11 Å². The largest absolute Gasteiger partial charge is 0.392 e. The van der Waals surface area contributed by atoms with Crippen LogP contribution in [0.5, 0.6) is 0 Å². The molecule has 0 heterocycles. The Morgan fingerprint density at radius 3 is 2.23 bits per heavy atom. The molecule has 0 spiro atoms. The quantitative estimate of drug-likeness (QED) is 0.651. The molecular formula is C12H22O. The summed E-state index contributed by atoms with van der Waals surface area (Å²) in [6.45, 7) is 8.76. The van der Waals surface area contributed by atoms with E-state index in [-0.39, 0.29) is 6.10 Å². The second-order valence-electron chi connectivity index (χ2n) is 4.88. The van der Waals surface area contributed by atoms with E-state index < -0.39 is 0 Å². The fourth-order valence-corrected chi connectivity index (χ4v) is 2.21. The third kappa shape index (κ3) is 2.34. The van der Waals surface area contributed by atoms with Gasteiger partial charge in [0.15, 0.2) is 0 Å². The van der Waals surface area contributed by atoms with E-state index >= 15 is 0 Å². The van der Waals surface area contributed by atoms with Crippen molar-refractivity contribution >= 4 is 0 Å². The van der Waals surface area contributed by atoms with E-state index in [1.807, 2.05) is 0 Å². The van der Waals surface area contributed by atoms with Gasteiger partial charge in [-0.15, -0.1) is 0 Å². The fraction of sp³-hybridized carbons (Fsp3) is 0.833. The molecule has 3 unspecified atom stereocenters. The van der Waals surface area contributed by atoms with Crippen molar-refractivity contribution in [3.05, 3.63) is 12.2 Å². The van der Waals surface area contributed by atoms with Crippen LogP contribution in [0.15, 0.2) is 12.2 Å². The van der Waals surface area contributed by atoms with E-state index in [4.69, 9.17) is 0 Å². The van der Waals surface area contributed by atoms with Crippen LogP contribution in [-0.2, 0) is 0 Å². The summed E-state index contributed by atoms with van der Waals surface area (Å²) in [5.41, 5.74) is 0. The summed E-state index contributed by atoms with van der Waals surface area (Å²) in [5, 5.41) is 10.1. The van der Waals surface area contributed by atoms with Crippen LogP contribution in [0.25, 0.3) is 0 Å². The second-order valence-corrected chi connectivity index (χ2v) is 4.88. The van der Waals surface area contributed by atoms with Crippen LogP contribution in [-0.4, -0.2) is 11.2 Å². The Morgan fingerprint density at radius 2 is 1.77 bits per heavy atom. The van der Waals surface area contributed by atoms with Crippen molar-refractivity contribution in [1.82, 2.24) is 0 Å². The van der Waals surface area contributed by atoms with Gasteiger partial charge in [-0.25, -0.2) is 0 Å². The SMILES string of the molecule is CC(C)C1C=CCC(C(C)C)C1O. The molecule has 0 bridgehead atoms. The van der Waals surface area contributed by atoms with E-state index in [1.165, 1.54) is 0 Å². The van der Waals surface area contributed by atoms with E-state index in [1.54, 1.807) is 0 Å². The van der Waals surface area contributed by atoms with E-state index in [9.17, 15) is 5.11 Å². The van der Waals surface area contributed by atoms with Crippen molar-refractivity contribution in [2.45, 2.75) is 40.2 Å². The monoisotopic (exact) mass is 182 g/mol. The van der Waals surface area contributed by atoms with Crippen molar-refractivity contribution in [3.63, 3.8) is 0 Å². The van der Waals surface area contributed by atoms with Gasteiger partial charge in [0.1, 0.15) is 0 Å². The number of hydrogen-bond acceptors (Lipinski definition) is 1. The summed E-state index contributed by atoms with van der Waals surface area (Å²) < 4.78 is 0. The van der Waals surface area contributed by atoms with Crippen molar-refractivity contribution in [3.8, 4) is 0 Å². The normalized spacial score (nSPS) is 34.5. The van der Waals surface area contributed by atoms with Crippen LogP contribution in [0, 0.1) is 23.7 Å². The summed E-state index contributed by atoms with van der Waals surface area (Å²) in [4.78, 5) is 0. The summed E-state index contributed by atoms with van der Waals surface area (Å²) >= 11 is 0. The maximum Gasteiger partial charge on any atom is 0.0638 e. The number of aliphatic hydroxyl groups is 1. The van der Waals surface area contributed by atoms with E-state index in [2.05, 4.69) is 39.8 Å². The van der Waals surface area contributed by atoms with Gasteiger partial charge in [0, 0.05) is 5.92 Å². The first-order valence-electron chi connectivity index (χ1n) is 5.38. The summed E-state index contributed by atoms with van der Waals surface area (Å²) in [6.07, 6.45) is 5.34. The molecule has 0 amide bonds. The third-order valence-corrected chi connectivity index (χ3v) is 3.23. The molecule has 13 heavy (non-hydrogen) atoms. The molecule has 0 aromatic carbocycles. The molecule has 0 saturated carbocycles. The Morgan fingerprint density at radius 1 is 1.15 bits per heavy atom. The van der Waals surface area contributed by atoms with Crippen LogP contribution in [0.4, 0.5) is 0 Å². The predicted molar refractivity (Wildman–Crippen MR) is 56.4 cm³/mol. The van der Waals surface area contributed by atoms with Crippen molar-refractivity contribution in [1.29, 1.82) is 0 Å². The molecule has 1 heteroatoms. The minimum atomic E-state index is -0.134. The zero-order valence-corrected chi connectivity index (χ0v) is 9.20. The molecule has 0 aliphatic heterocycles. The highest BCUT2D eigenvalue weighted by molar-refractivity contribution is 5.02. The lowest BCUT2D eigenvalue weighted by Crippen LogP contribution is -2.36. The number of allylic oxidation sites excluding steroid dienone is 1. The van der Waals surface area contributed by atoms with Gasteiger partial charge in [0.2, 0.25) is 0 Å². The van der Waals surface area contributed by atoms with Gasteiger partial charge in [-0.3, -0.25) is 0 Å². The molecule has 1 rings (SSSR count). The number of aliphatic hydroxyl groups excluding tert-OH is 1. The lowest BCUT2D eigenvalue weighted by atomic mass is 9.74. The van der Waals surface area contributed by atoms with E-state index in [0.717, 1.165) is 6.42 Å². The zero-order chi connectivity index (χ0) is 10.0. The summed E-state index contributed by atoms with van der Waals surface area (Å²) in [6, 6.07) is 0. The zero-order valence-electron chi connectivity index (χ0n) is 9.20. The van der Waals surface area contributed by atoms with Gasteiger partial charge in [0.25, 0.3) is 0 Å². The van der Waals surface area contributed by atoms with Gasteiger partial charge in [-0.1, -0.05) is 39.8 Å². The average Bonchev–Trinajstić information content (AvgIpc) is 2.03. The maximum absolute atomic E-state index is 10.1. The van der Waals surface area contributed by atoms with Crippen molar-refractivity contribution in [2.24, 2.45) is 23.7 Å². The minimum Gasteiger partial charge on any atom is -0.392 e. The maximum atomic E-state index is 10.1. The minimum absolute atomic E-state index is 0.134. The molecule has 0 fully saturated rings. The van der Waals surface area contributed by atoms with Gasteiger partial charge in [-0.2, -0.15) is 0 Å². The Bertz CT molecular complexity index is 182. The molecule has 1 N–H and O–H groups in total. The Kier molecular flexibility index (Phi) is 3.55. The molecular weight excluding hydrogens is 160 g/mol. The van der Waals surface area contributed by atoms with Gasteiger partial charge in [-0.05, 0) is 24.2 Å². The molecule has 0 aromatic heterocycles. The van der Waals surface area contributed by atoms with Gasteiger partial charge >= 0.3 is 0 Å². The lowest BCUT2D eigenvalue weighted by Gasteiger charge is -2.35. The van der Waals surface area contributed by atoms with E-state index in [0.29, 0.717) is 23.7 Å². The van der Waals surface area contributed by atoms with Crippen LogP contribution >= 0.6 is 0 Å². The van der Waals surface area contributed by atoms with Crippen LogP contribution in [0.2, 0.25) is 0 Å². The Balaban J connectivity index is 2.70. The highest BCUT2D eigenvalue weighted by Crippen LogP contribution is 2.33. The molecule has 0 saturated heterocycles. The topological polar surface area (TPSA) is 20.2 Å². The smallest absolute Gasteiger partial charge is 0.0638 e.